The van der Waals surface area contributed by atoms with Crippen molar-refractivity contribution in [2.75, 3.05) is 54.9 Å². The second-order valence-corrected chi connectivity index (χ2v) is 18.0. The minimum Gasteiger partial charge on any atom is -0.871 e. The van der Waals surface area contributed by atoms with Gasteiger partial charge in [0.05, 0.1) is 51.2 Å². The molecule has 8 aromatic rings. The summed E-state index contributed by atoms with van der Waals surface area (Å²) in [7, 11) is -4.15. The maximum absolute atomic E-state index is 11.8. The van der Waals surface area contributed by atoms with E-state index < -0.39 is 20.5 Å². The minimum atomic E-state index is -4.94. The van der Waals surface area contributed by atoms with Gasteiger partial charge >= 0.3 is 71.2 Å². The Morgan fingerprint density at radius 2 is 0.460 bits per heavy atom. The first-order valence-corrected chi connectivity index (χ1v) is 29.2. The number of aliphatic hydroxyl groups excluding tert-OH is 4. The molecule has 0 saturated heterocycles. The summed E-state index contributed by atoms with van der Waals surface area (Å²) >= 11 is 0. The molecule has 36 heteroatoms. The predicted octanol–water partition coefficient (Wildman–Crippen LogP) is -4.99. The molecule has 0 aromatic heterocycles. The van der Waals surface area contributed by atoms with Crippen molar-refractivity contribution in [3.8, 4) is 69.0 Å². The molecule has 0 saturated carbocycles. The summed E-state index contributed by atoms with van der Waals surface area (Å²) < 4.78 is 87.6. The largest absolute Gasteiger partial charge is 3.00 e. The number of aliphatic hydroxyl groups is 4. The third kappa shape index (κ3) is 50.8. The number of nitrogens with zero attached hydrogens (tertiary/aromatic N) is 4. The fourth-order valence-corrected chi connectivity index (χ4v) is 5.99. The molecule has 8 rings (SSSR count). The average Bonchev–Trinajstić information content (AvgIpc) is 0.967. The first-order chi connectivity index (χ1) is 44.5. The Morgan fingerprint density at radius 1 is 0.320 bits per heavy atom. The minimum absolute atomic E-state index is 0. The summed E-state index contributed by atoms with van der Waals surface area (Å²) in [6.07, 6.45) is 5.51. The van der Waals surface area contributed by atoms with Gasteiger partial charge in [0.25, 0.3) is 0 Å². The topological polar surface area (TPSA) is 602 Å². The van der Waals surface area contributed by atoms with Crippen LogP contribution in [0.2, 0.25) is 0 Å². The molecule has 2 radical (unpaired) electrons. The first-order valence-electron chi connectivity index (χ1n) is 26.8. The summed E-state index contributed by atoms with van der Waals surface area (Å²) in [4.78, 5) is 16.1. The van der Waals surface area contributed by atoms with Crippen molar-refractivity contribution >= 4 is 47.6 Å². The van der Waals surface area contributed by atoms with Crippen LogP contribution in [0.5, 0.6) is 69.0 Å². The summed E-state index contributed by atoms with van der Waals surface area (Å²) in [5, 5.41) is 123. The van der Waals surface area contributed by atoms with E-state index in [0.29, 0.717) is 45.0 Å². The molecule has 0 amide bonds. The Bertz CT molecular complexity index is 3060. The van der Waals surface area contributed by atoms with E-state index in [1.165, 1.54) is 77.6 Å². The van der Waals surface area contributed by atoms with Gasteiger partial charge in [0.15, 0.2) is 0 Å². The number of ether oxygens (including phenoxy) is 4. The summed E-state index contributed by atoms with van der Waals surface area (Å²) in [6.45, 7) is 7.72. The van der Waals surface area contributed by atoms with Gasteiger partial charge in [-0.1, -0.05) is 167 Å². The molecule has 0 heterocycles. The Balaban J connectivity index is -0.000000168. The van der Waals surface area contributed by atoms with Crippen LogP contribution in [0, 0.1) is 96.8 Å². The second kappa shape index (κ2) is 64.7. The van der Waals surface area contributed by atoms with Gasteiger partial charge in [-0.25, -0.2) is 37.3 Å². The number of benzene rings is 8. The van der Waals surface area contributed by atoms with E-state index >= 15 is 0 Å². The zero-order chi connectivity index (χ0) is 71.7. The molecule has 30 nitrogen and oxygen atoms in total. The van der Waals surface area contributed by atoms with Gasteiger partial charge in [-0.05, 0) is 98.5 Å². The molecular weight excluding hydrogens is 1750 g/mol. The molecule has 0 fully saturated rings. The average molecular weight is 1830 g/mol. The Morgan fingerprint density at radius 3 is 0.590 bits per heavy atom. The Labute approximate surface area is 663 Å². The van der Waals surface area contributed by atoms with E-state index in [1.807, 2.05) is 0 Å². The number of hydrogen-bond donors (Lipinski definition) is 4. The van der Waals surface area contributed by atoms with Crippen molar-refractivity contribution in [1.29, 1.82) is 0 Å². The zero-order valence-electron chi connectivity index (χ0n) is 54.2. The maximum Gasteiger partial charge on any atom is 3.00 e. The number of hydrogen-bond acceptors (Lipinski definition) is 28. The fraction of sp³-hybridized carbons (Fsp3) is 0.188. The van der Waals surface area contributed by atoms with Crippen molar-refractivity contribution in [3.63, 3.8) is 0 Å². The molecular formula is C64H74Cl2Dy2N4Ni2O26. The number of methoxy groups -OCH3 is 4. The van der Waals surface area contributed by atoms with Crippen molar-refractivity contribution in [1.82, 2.24) is 0 Å². The van der Waals surface area contributed by atoms with Crippen molar-refractivity contribution < 1.29 is 258 Å². The van der Waals surface area contributed by atoms with Gasteiger partial charge < -0.3 is 91.2 Å². The van der Waals surface area contributed by atoms with Gasteiger partial charge in [0.2, 0.25) is 0 Å². The molecule has 0 aliphatic heterocycles. The van der Waals surface area contributed by atoms with E-state index in [4.69, 9.17) is 76.6 Å². The van der Waals surface area contributed by atoms with Crippen molar-refractivity contribution in [2.24, 2.45) is 20.0 Å². The number of halogens is 2. The number of rotatable bonds is 12. The fourth-order valence-electron chi connectivity index (χ4n) is 5.99. The van der Waals surface area contributed by atoms with Crippen LogP contribution in [-0.4, -0.2) is 100 Å². The van der Waals surface area contributed by atoms with Gasteiger partial charge in [0, 0.05) is 89.5 Å². The summed E-state index contributed by atoms with van der Waals surface area (Å²) in [5.41, 5.74) is 2.77. The van der Waals surface area contributed by atoms with E-state index in [2.05, 4.69) is 20.0 Å². The standard InChI is InChI=1S/4C14H13NO3.4C2H6O.2ClHO4.2Dy.2Ni.2H2O/c4*1-18-13-8-4-5-10(14(13)17)9-15-11-6-2-3-7-12(11)16;4*1-2-3;2*2-1(3,4)5;;;;;;/h4*2-9,16-17H,1H3;4*3H,2H2,1H3;2*(H,2,3,4,5);;;;;2*1H2/q;;;;;;;;;;;+3;+2;+3;;/p-8. The van der Waals surface area contributed by atoms with Gasteiger partial charge in [-0.2, -0.15) is 0 Å². The molecule has 0 bridgehead atoms. The van der Waals surface area contributed by atoms with E-state index in [9.17, 15) is 40.9 Å². The van der Waals surface area contributed by atoms with Crippen LogP contribution in [0.15, 0.2) is 190 Å². The molecule has 0 unspecified atom stereocenters. The molecule has 0 atom stereocenters. The second-order valence-electron chi connectivity index (χ2n) is 16.4. The molecule has 100 heavy (non-hydrogen) atoms. The van der Waals surface area contributed by atoms with Crippen LogP contribution in [0.4, 0.5) is 22.7 Å². The number of aliphatic imine (C=N–C) groups is 4. The zero-order valence-corrected chi connectivity index (χ0v) is 61.8. The van der Waals surface area contributed by atoms with Gasteiger partial charge in [-0.15, -0.1) is 20.5 Å². The van der Waals surface area contributed by atoms with E-state index in [1.54, 1.807) is 173 Å². The SMILES string of the molecule is CCO.CCO.CCO.CCO.COc1cccc(C=Nc2ccccc2[O-])c1[O-].COc1cccc(C=Nc2ccccc2[O-])c1[O-].COc1cccc(C=Nc2ccccc2[O-])c1[O-].COc1cccc(C=Nc2ccccc2[O-])c1[O-].[Dy+3].[Dy].[Ni+2].[Ni+3].[O-][Cl+3]([O-])([O-])[O-].[O-][Cl+3]([O-])([O-])[O-].[OH3+].[OH3+]. The van der Waals surface area contributed by atoms with Crippen LogP contribution in [0.25, 0.3) is 0 Å². The quantitative estimate of drug-likeness (QED) is 0.0505. The first kappa shape index (κ1) is 110. The smallest absolute Gasteiger partial charge is 0.871 e. The third-order valence-corrected chi connectivity index (χ3v) is 9.75. The third-order valence-electron chi connectivity index (χ3n) is 9.75. The van der Waals surface area contributed by atoms with Crippen LogP contribution in [0.1, 0.15) is 49.9 Å². The maximum atomic E-state index is 11.8. The van der Waals surface area contributed by atoms with Gasteiger partial charge in [-0.3, -0.25) is 20.0 Å². The molecule has 0 aliphatic carbocycles. The molecule has 8 aromatic carbocycles. The van der Waals surface area contributed by atoms with Crippen molar-refractivity contribution in [2.45, 2.75) is 27.7 Å². The number of para-hydroxylation sites is 12. The molecule has 0 aliphatic rings. The normalized spacial score (nSPS) is 9.64. The molecule has 560 valence electrons. The van der Waals surface area contributed by atoms with E-state index in [0.717, 1.165) is 0 Å². The van der Waals surface area contributed by atoms with Crippen LogP contribution in [-0.2, 0) is 43.9 Å². The summed E-state index contributed by atoms with van der Waals surface area (Å²) in [6, 6.07) is 45.2. The molecule has 10 N–H and O–H groups in total. The summed E-state index contributed by atoms with van der Waals surface area (Å²) in [5.74, 6) is -0.646. The Hall–Kier alpha value is -6.41. The Kier molecular flexibility index (Phi) is 70.8. The van der Waals surface area contributed by atoms with E-state index in [-0.39, 0.29) is 216 Å². The van der Waals surface area contributed by atoms with Crippen molar-refractivity contribution in [3.05, 3.63) is 192 Å². The monoisotopic (exact) mass is 1830 g/mol. The van der Waals surface area contributed by atoms with Crippen LogP contribution in [0.3, 0.4) is 0 Å². The molecule has 0 spiro atoms. The van der Waals surface area contributed by atoms with Crippen LogP contribution >= 0.6 is 0 Å². The van der Waals surface area contributed by atoms with Gasteiger partial charge in [0.1, 0.15) is 23.0 Å². The predicted molar refractivity (Wildman–Crippen MR) is 323 cm³/mol. The van der Waals surface area contributed by atoms with Crippen LogP contribution < -0.4 is 97.1 Å².